The van der Waals surface area contributed by atoms with E-state index in [0.29, 0.717) is 13.1 Å². The van der Waals surface area contributed by atoms with Gasteiger partial charge in [0.05, 0.1) is 0 Å². The van der Waals surface area contributed by atoms with Crippen LogP contribution in [-0.2, 0) is 4.79 Å². The molecule has 0 saturated carbocycles. The molecule has 120 valence electrons. The molecule has 1 aliphatic rings. The number of hydrogen-bond donors (Lipinski definition) is 0. The molecule has 1 fully saturated rings. The second kappa shape index (κ2) is 7.09. The maximum atomic E-state index is 12.3. The molecule has 3 rings (SSSR count). The molecule has 0 radical (unpaired) electrons. The Hall–Kier alpha value is -2.63. The summed E-state index contributed by atoms with van der Waals surface area (Å²) in [6.07, 6.45) is 1.66. The minimum atomic E-state index is 0.0204. The smallest absolute Gasteiger partial charge is 0.260 e. The number of hydrogen-bond acceptors (Lipinski definition) is 5. The Morgan fingerprint density at radius 3 is 2.61 bits per heavy atom. The Bertz CT molecular complexity index is 655. The molecule has 23 heavy (non-hydrogen) atoms. The van der Waals surface area contributed by atoms with Gasteiger partial charge in [-0.15, -0.1) is 5.10 Å². The van der Waals surface area contributed by atoms with Crippen molar-refractivity contribution in [3.8, 4) is 5.75 Å². The number of anilines is 1. The van der Waals surface area contributed by atoms with Gasteiger partial charge in [0.25, 0.3) is 5.91 Å². The highest BCUT2D eigenvalue weighted by molar-refractivity contribution is 5.78. The number of piperazine rings is 1. The van der Waals surface area contributed by atoms with E-state index in [1.54, 1.807) is 6.20 Å². The van der Waals surface area contributed by atoms with Crippen molar-refractivity contribution in [3.63, 3.8) is 0 Å². The van der Waals surface area contributed by atoms with Gasteiger partial charge in [0.2, 0.25) is 0 Å². The van der Waals surface area contributed by atoms with Gasteiger partial charge in [0.1, 0.15) is 5.75 Å². The van der Waals surface area contributed by atoms with Crippen molar-refractivity contribution >= 4 is 11.7 Å². The van der Waals surface area contributed by atoms with Crippen LogP contribution in [0.5, 0.6) is 5.75 Å². The zero-order valence-electron chi connectivity index (χ0n) is 13.2. The van der Waals surface area contributed by atoms with Crippen molar-refractivity contribution in [2.75, 3.05) is 37.7 Å². The fourth-order valence-electron chi connectivity index (χ4n) is 2.60. The van der Waals surface area contributed by atoms with Crippen LogP contribution >= 0.6 is 0 Å². The number of rotatable bonds is 4. The van der Waals surface area contributed by atoms with Crippen LogP contribution in [0.25, 0.3) is 0 Å². The molecule has 0 N–H and O–H groups in total. The fourth-order valence-corrected chi connectivity index (χ4v) is 2.60. The SMILES string of the molecule is Cc1ccccc1OCC(=O)N1CCN(c2cccnn2)CC1. The van der Waals surface area contributed by atoms with Crippen LogP contribution in [0.4, 0.5) is 5.82 Å². The molecule has 0 spiro atoms. The Labute approximate surface area is 135 Å². The molecular weight excluding hydrogens is 292 g/mol. The van der Waals surface area contributed by atoms with Crippen LogP contribution in [0.1, 0.15) is 5.56 Å². The van der Waals surface area contributed by atoms with Gasteiger partial charge in [-0.05, 0) is 30.7 Å². The second-order valence-corrected chi connectivity index (χ2v) is 5.50. The quantitative estimate of drug-likeness (QED) is 0.856. The lowest BCUT2D eigenvalue weighted by Crippen LogP contribution is -2.50. The lowest BCUT2D eigenvalue weighted by molar-refractivity contribution is -0.133. The molecule has 6 heteroatoms. The van der Waals surface area contributed by atoms with Gasteiger partial charge in [-0.3, -0.25) is 4.79 Å². The first-order chi connectivity index (χ1) is 11.2. The molecule has 1 amide bonds. The first-order valence-electron chi connectivity index (χ1n) is 7.73. The summed E-state index contributed by atoms with van der Waals surface area (Å²) in [4.78, 5) is 16.3. The normalized spacial score (nSPS) is 14.7. The summed E-state index contributed by atoms with van der Waals surface area (Å²) in [5, 5.41) is 8.00. The number of benzene rings is 1. The summed E-state index contributed by atoms with van der Waals surface area (Å²) in [7, 11) is 0. The molecule has 2 aromatic rings. The third-order valence-electron chi connectivity index (χ3n) is 3.96. The largest absolute Gasteiger partial charge is 0.484 e. The molecule has 0 unspecified atom stereocenters. The number of aryl methyl sites for hydroxylation is 1. The number of carbonyl (C=O) groups is 1. The third-order valence-corrected chi connectivity index (χ3v) is 3.96. The van der Waals surface area contributed by atoms with E-state index in [4.69, 9.17) is 4.74 Å². The first-order valence-corrected chi connectivity index (χ1v) is 7.73. The van der Waals surface area contributed by atoms with Crippen molar-refractivity contribution in [1.29, 1.82) is 0 Å². The highest BCUT2D eigenvalue weighted by Gasteiger charge is 2.22. The van der Waals surface area contributed by atoms with Gasteiger partial charge in [-0.2, -0.15) is 5.10 Å². The lowest BCUT2D eigenvalue weighted by atomic mass is 10.2. The van der Waals surface area contributed by atoms with E-state index in [2.05, 4.69) is 15.1 Å². The van der Waals surface area contributed by atoms with E-state index >= 15 is 0 Å². The van der Waals surface area contributed by atoms with Gasteiger partial charge < -0.3 is 14.5 Å². The van der Waals surface area contributed by atoms with Crippen LogP contribution < -0.4 is 9.64 Å². The number of carbonyl (C=O) groups excluding carboxylic acids is 1. The van der Waals surface area contributed by atoms with Gasteiger partial charge >= 0.3 is 0 Å². The van der Waals surface area contributed by atoms with Crippen molar-refractivity contribution in [3.05, 3.63) is 48.2 Å². The highest BCUT2D eigenvalue weighted by Crippen LogP contribution is 2.16. The maximum Gasteiger partial charge on any atom is 0.260 e. The third kappa shape index (κ3) is 3.77. The van der Waals surface area contributed by atoms with Gasteiger partial charge in [-0.25, -0.2) is 0 Å². The van der Waals surface area contributed by atoms with E-state index in [1.807, 2.05) is 48.2 Å². The topological polar surface area (TPSA) is 58.6 Å². The van der Waals surface area contributed by atoms with Crippen molar-refractivity contribution in [2.45, 2.75) is 6.92 Å². The van der Waals surface area contributed by atoms with Crippen molar-refractivity contribution < 1.29 is 9.53 Å². The van der Waals surface area contributed by atoms with E-state index in [0.717, 1.165) is 30.2 Å². The van der Waals surface area contributed by atoms with Crippen LogP contribution in [0.2, 0.25) is 0 Å². The zero-order chi connectivity index (χ0) is 16.1. The van der Waals surface area contributed by atoms with Gasteiger partial charge in [0.15, 0.2) is 12.4 Å². The van der Waals surface area contributed by atoms with Gasteiger partial charge in [-0.1, -0.05) is 18.2 Å². The molecule has 1 aromatic heterocycles. The summed E-state index contributed by atoms with van der Waals surface area (Å²) < 4.78 is 5.64. The van der Waals surface area contributed by atoms with E-state index in [9.17, 15) is 4.79 Å². The predicted molar refractivity (Wildman–Crippen MR) is 87.5 cm³/mol. The molecule has 0 bridgehead atoms. The molecule has 1 saturated heterocycles. The number of nitrogens with zero attached hydrogens (tertiary/aromatic N) is 4. The molecule has 1 aliphatic heterocycles. The summed E-state index contributed by atoms with van der Waals surface area (Å²) in [6.45, 7) is 4.91. The monoisotopic (exact) mass is 312 g/mol. The molecule has 0 aliphatic carbocycles. The van der Waals surface area contributed by atoms with Crippen LogP contribution in [0.3, 0.4) is 0 Å². The molecule has 2 heterocycles. The Kier molecular flexibility index (Phi) is 4.71. The van der Waals surface area contributed by atoms with Crippen molar-refractivity contribution in [2.24, 2.45) is 0 Å². The zero-order valence-corrected chi connectivity index (χ0v) is 13.2. The Morgan fingerprint density at radius 2 is 1.91 bits per heavy atom. The highest BCUT2D eigenvalue weighted by atomic mass is 16.5. The lowest BCUT2D eigenvalue weighted by Gasteiger charge is -2.35. The van der Waals surface area contributed by atoms with Crippen LogP contribution in [0, 0.1) is 6.92 Å². The van der Waals surface area contributed by atoms with Crippen LogP contribution in [0.15, 0.2) is 42.6 Å². The summed E-state index contributed by atoms with van der Waals surface area (Å²) in [6, 6.07) is 11.5. The van der Waals surface area contributed by atoms with E-state index in [1.165, 1.54) is 0 Å². The van der Waals surface area contributed by atoms with Crippen LogP contribution in [-0.4, -0.2) is 53.8 Å². The number of para-hydroxylation sites is 1. The average Bonchev–Trinajstić information content (AvgIpc) is 2.62. The summed E-state index contributed by atoms with van der Waals surface area (Å²) in [5.74, 6) is 1.64. The first kappa shape index (κ1) is 15.3. The fraction of sp³-hybridized carbons (Fsp3) is 0.353. The average molecular weight is 312 g/mol. The molecule has 1 aromatic carbocycles. The number of aromatic nitrogens is 2. The summed E-state index contributed by atoms with van der Waals surface area (Å²) >= 11 is 0. The molecular formula is C17H20N4O2. The number of amides is 1. The van der Waals surface area contributed by atoms with E-state index in [-0.39, 0.29) is 12.5 Å². The maximum absolute atomic E-state index is 12.3. The van der Waals surface area contributed by atoms with E-state index < -0.39 is 0 Å². The van der Waals surface area contributed by atoms with Gasteiger partial charge in [0, 0.05) is 32.4 Å². The Balaban J connectivity index is 1.50. The summed E-state index contributed by atoms with van der Waals surface area (Å²) in [5.41, 5.74) is 1.03. The molecule has 6 nitrogen and oxygen atoms in total. The standard InChI is InChI=1S/C17H20N4O2/c1-14-5-2-3-6-15(14)23-13-17(22)21-11-9-20(10-12-21)16-7-4-8-18-19-16/h2-8H,9-13H2,1H3. The number of ether oxygens (including phenoxy) is 1. The minimum Gasteiger partial charge on any atom is -0.484 e. The Morgan fingerprint density at radius 1 is 1.13 bits per heavy atom. The minimum absolute atomic E-state index is 0.0204. The molecule has 0 atom stereocenters. The second-order valence-electron chi connectivity index (χ2n) is 5.50. The van der Waals surface area contributed by atoms with Crippen molar-refractivity contribution in [1.82, 2.24) is 15.1 Å². The predicted octanol–water partition coefficient (Wildman–Crippen LogP) is 1.51.